The number of hydrogen-bond donors (Lipinski definition) is 1. The minimum absolute atomic E-state index is 0.0801. The molecule has 156 valence electrons. The lowest BCUT2D eigenvalue weighted by molar-refractivity contribution is -0.113. The topological polar surface area (TPSA) is 64.0 Å². The molecule has 9 heteroatoms. The van der Waals surface area contributed by atoms with E-state index in [9.17, 15) is 18.4 Å². The van der Waals surface area contributed by atoms with Crippen molar-refractivity contribution in [2.24, 2.45) is 0 Å². The van der Waals surface area contributed by atoms with Gasteiger partial charge in [0.15, 0.2) is 5.16 Å². The third-order valence-electron chi connectivity index (χ3n) is 4.34. The highest BCUT2D eigenvalue weighted by Gasteiger charge is 2.18. The van der Waals surface area contributed by atoms with Crippen molar-refractivity contribution in [3.63, 3.8) is 0 Å². The number of nitrogens with one attached hydrogen (secondary N) is 1. The lowest BCUT2D eigenvalue weighted by Gasteiger charge is -2.14. The smallest absolute Gasteiger partial charge is 0.266 e. The standard InChI is InChI=1S/C22H14ClF2N3O2S/c23-13-6-8-18-16(10-13)21(30)28(19-9-7-14(24)11-17(19)25)22(27-18)31-12-20(29)26-15-4-2-1-3-5-15/h1-11H,12H2,(H,26,29). The number of para-hydroxylation sites is 1. The highest BCUT2D eigenvalue weighted by Crippen LogP contribution is 2.25. The first-order valence-electron chi connectivity index (χ1n) is 9.08. The van der Waals surface area contributed by atoms with E-state index in [0.29, 0.717) is 22.3 Å². The van der Waals surface area contributed by atoms with Gasteiger partial charge in [0, 0.05) is 16.8 Å². The summed E-state index contributed by atoms with van der Waals surface area (Å²) in [7, 11) is 0. The third kappa shape index (κ3) is 4.60. The molecule has 3 aromatic carbocycles. The number of amides is 1. The summed E-state index contributed by atoms with van der Waals surface area (Å²) in [6.45, 7) is 0. The normalized spacial score (nSPS) is 10.9. The number of carbonyl (C=O) groups is 1. The quantitative estimate of drug-likeness (QED) is 0.336. The molecular weight excluding hydrogens is 444 g/mol. The van der Waals surface area contributed by atoms with Gasteiger partial charge in [-0.15, -0.1) is 0 Å². The Labute approximate surface area is 184 Å². The number of hydrogen-bond acceptors (Lipinski definition) is 4. The first-order valence-corrected chi connectivity index (χ1v) is 10.4. The van der Waals surface area contributed by atoms with Crippen LogP contribution in [0.15, 0.2) is 76.7 Å². The van der Waals surface area contributed by atoms with Crippen molar-refractivity contribution < 1.29 is 13.6 Å². The highest BCUT2D eigenvalue weighted by atomic mass is 35.5. The molecule has 0 aliphatic carbocycles. The van der Waals surface area contributed by atoms with Crippen molar-refractivity contribution in [3.05, 3.63) is 93.7 Å². The number of fused-ring (bicyclic) bond motifs is 1. The molecule has 4 aromatic rings. The summed E-state index contributed by atoms with van der Waals surface area (Å²) < 4.78 is 29.0. The maximum atomic E-state index is 14.5. The van der Waals surface area contributed by atoms with Crippen LogP contribution in [0.3, 0.4) is 0 Å². The van der Waals surface area contributed by atoms with E-state index in [1.165, 1.54) is 6.07 Å². The summed E-state index contributed by atoms with van der Waals surface area (Å²) in [5, 5.41) is 3.32. The van der Waals surface area contributed by atoms with Crippen LogP contribution < -0.4 is 10.9 Å². The zero-order valence-electron chi connectivity index (χ0n) is 15.8. The fourth-order valence-corrected chi connectivity index (χ4v) is 3.94. The van der Waals surface area contributed by atoms with Gasteiger partial charge in [-0.2, -0.15) is 0 Å². The Morgan fingerprint density at radius 1 is 1.06 bits per heavy atom. The second-order valence-corrected chi connectivity index (χ2v) is 7.87. The van der Waals surface area contributed by atoms with Gasteiger partial charge in [0.25, 0.3) is 5.56 Å². The van der Waals surface area contributed by atoms with E-state index in [0.717, 1.165) is 28.5 Å². The average Bonchev–Trinajstić information content (AvgIpc) is 2.74. The Morgan fingerprint density at radius 2 is 1.84 bits per heavy atom. The number of thioether (sulfide) groups is 1. The van der Waals surface area contributed by atoms with Crippen LogP contribution in [0.5, 0.6) is 0 Å². The number of anilines is 1. The summed E-state index contributed by atoms with van der Waals surface area (Å²) in [6, 6.07) is 16.3. The number of nitrogens with zero attached hydrogens (tertiary/aromatic N) is 2. The summed E-state index contributed by atoms with van der Waals surface area (Å²) in [5.41, 5.74) is 0.214. The second-order valence-electron chi connectivity index (χ2n) is 6.50. The van der Waals surface area contributed by atoms with E-state index >= 15 is 0 Å². The van der Waals surface area contributed by atoms with E-state index in [-0.39, 0.29) is 27.9 Å². The van der Waals surface area contributed by atoms with E-state index in [1.54, 1.807) is 36.4 Å². The van der Waals surface area contributed by atoms with Gasteiger partial charge in [-0.25, -0.2) is 13.8 Å². The fraction of sp³-hybridized carbons (Fsp3) is 0.0455. The van der Waals surface area contributed by atoms with E-state index in [2.05, 4.69) is 10.3 Å². The van der Waals surface area contributed by atoms with Crippen LogP contribution in [0.2, 0.25) is 5.02 Å². The Kier molecular flexibility index (Phi) is 6.01. The molecule has 0 aliphatic rings. The molecule has 0 saturated carbocycles. The van der Waals surface area contributed by atoms with Crippen molar-refractivity contribution in [2.45, 2.75) is 5.16 Å². The monoisotopic (exact) mass is 457 g/mol. The van der Waals surface area contributed by atoms with E-state index in [1.807, 2.05) is 6.07 Å². The van der Waals surface area contributed by atoms with Gasteiger partial charge in [0.05, 0.1) is 22.3 Å². The van der Waals surface area contributed by atoms with Crippen LogP contribution in [0.1, 0.15) is 0 Å². The van der Waals surface area contributed by atoms with Crippen LogP contribution in [0.25, 0.3) is 16.6 Å². The number of halogens is 3. The molecule has 1 heterocycles. The van der Waals surface area contributed by atoms with Crippen molar-refractivity contribution >= 4 is 45.9 Å². The summed E-state index contributed by atoms with van der Waals surface area (Å²) in [6.07, 6.45) is 0. The number of aromatic nitrogens is 2. The zero-order chi connectivity index (χ0) is 22.0. The highest BCUT2D eigenvalue weighted by molar-refractivity contribution is 7.99. The third-order valence-corrected chi connectivity index (χ3v) is 5.51. The predicted octanol–water partition coefficient (Wildman–Crippen LogP) is 5.05. The van der Waals surface area contributed by atoms with Gasteiger partial charge in [0.1, 0.15) is 11.6 Å². The van der Waals surface area contributed by atoms with E-state index in [4.69, 9.17) is 11.6 Å². The molecule has 0 bridgehead atoms. The number of rotatable bonds is 5. The lowest BCUT2D eigenvalue weighted by Crippen LogP contribution is -2.24. The minimum Gasteiger partial charge on any atom is -0.325 e. The first kappa shape index (κ1) is 21.0. The van der Waals surface area contributed by atoms with Gasteiger partial charge >= 0.3 is 0 Å². The molecule has 0 radical (unpaired) electrons. The molecule has 4 rings (SSSR count). The fourth-order valence-electron chi connectivity index (χ4n) is 2.96. The van der Waals surface area contributed by atoms with Gasteiger partial charge in [-0.05, 0) is 42.5 Å². The largest absolute Gasteiger partial charge is 0.325 e. The van der Waals surface area contributed by atoms with Gasteiger partial charge < -0.3 is 5.32 Å². The molecule has 0 unspecified atom stereocenters. The summed E-state index contributed by atoms with van der Waals surface area (Å²) in [4.78, 5) is 29.9. The van der Waals surface area contributed by atoms with Crippen LogP contribution >= 0.6 is 23.4 Å². The summed E-state index contributed by atoms with van der Waals surface area (Å²) in [5.74, 6) is -2.11. The van der Waals surface area contributed by atoms with Crippen LogP contribution in [-0.4, -0.2) is 21.2 Å². The van der Waals surface area contributed by atoms with Gasteiger partial charge in [-0.3, -0.25) is 14.2 Å². The molecule has 0 fully saturated rings. The number of carbonyl (C=O) groups excluding carboxylic acids is 1. The predicted molar refractivity (Wildman–Crippen MR) is 118 cm³/mol. The van der Waals surface area contributed by atoms with E-state index < -0.39 is 17.2 Å². The molecule has 31 heavy (non-hydrogen) atoms. The molecule has 0 aliphatic heterocycles. The molecule has 5 nitrogen and oxygen atoms in total. The molecule has 0 spiro atoms. The van der Waals surface area contributed by atoms with Crippen LogP contribution in [0.4, 0.5) is 14.5 Å². The first-order chi connectivity index (χ1) is 14.9. The Balaban J connectivity index is 1.75. The molecular formula is C22H14ClF2N3O2S. The number of benzene rings is 3. The maximum absolute atomic E-state index is 14.5. The molecule has 0 saturated heterocycles. The van der Waals surface area contributed by atoms with Crippen molar-refractivity contribution in [1.29, 1.82) is 0 Å². The lowest BCUT2D eigenvalue weighted by atomic mass is 10.2. The van der Waals surface area contributed by atoms with Crippen molar-refractivity contribution in [1.82, 2.24) is 9.55 Å². The van der Waals surface area contributed by atoms with Crippen molar-refractivity contribution in [3.8, 4) is 5.69 Å². The Hall–Kier alpha value is -3.23. The second kappa shape index (κ2) is 8.87. The maximum Gasteiger partial charge on any atom is 0.266 e. The average molecular weight is 458 g/mol. The SMILES string of the molecule is O=C(CSc1nc2ccc(Cl)cc2c(=O)n1-c1ccc(F)cc1F)Nc1ccccc1. The zero-order valence-corrected chi connectivity index (χ0v) is 17.4. The molecule has 1 N–H and O–H groups in total. The minimum atomic E-state index is -0.930. The Bertz CT molecular complexity index is 1350. The van der Waals surface area contributed by atoms with Gasteiger partial charge in [-0.1, -0.05) is 41.6 Å². The molecule has 1 amide bonds. The Morgan fingerprint density at radius 3 is 2.58 bits per heavy atom. The van der Waals surface area contributed by atoms with Crippen LogP contribution in [0, 0.1) is 11.6 Å². The molecule has 1 aromatic heterocycles. The summed E-state index contributed by atoms with van der Waals surface area (Å²) >= 11 is 6.96. The van der Waals surface area contributed by atoms with Crippen LogP contribution in [-0.2, 0) is 4.79 Å². The van der Waals surface area contributed by atoms with Gasteiger partial charge in [0.2, 0.25) is 5.91 Å². The van der Waals surface area contributed by atoms with Crippen molar-refractivity contribution in [2.75, 3.05) is 11.1 Å². The molecule has 0 atom stereocenters.